The highest BCUT2D eigenvalue weighted by atomic mass is 16.5. The van der Waals surface area contributed by atoms with E-state index in [1.54, 1.807) is 24.1 Å². The number of hydrogen-bond donors (Lipinski definition) is 1. The van der Waals surface area contributed by atoms with E-state index in [4.69, 9.17) is 4.74 Å². The third-order valence-corrected chi connectivity index (χ3v) is 5.67. The molecule has 0 spiro atoms. The predicted octanol–water partition coefficient (Wildman–Crippen LogP) is 3.64. The molecule has 1 aromatic heterocycles. The molecular formula is C25H22N4O3. The number of nitrogens with zero attached hydrogens (tertiary/aromatic N) is 3. The second-order valence-corrected chi connectivity index (χ2v) is 7.61. The summed E-state index contributed by atoms with van der Waals surface area (Å²) in [6.07, 6.45) is 0. The Kier molecular flexibility index (Phi) is 5.07. The van der Waals surface area contributed by atoms with Crippen molar-refractivity contribution >= 4 is 28.5 Å². The number of imidazole rings is 1. The largest absolute Gasteiger partial charge is 0.497 e. The van der Waals surface area contributed by atoms with Gasteiger partial charge in [0.25, 0.3) is 11.8 Å². The van der Waals surface area contributed by atoms with Crippen LogP contribution >= 0.6 is 0 Å². The summed E-state index contributed by atoms with van der Waals surface area (Å²) in [6, 6.07) is 22.5. The minimum atomic E-state index is -0.189. The number of para-hydroxylation sites is 1. The van der Waals surface area contributed by atoms with Gasteiger partial charge in [0.15, 0.2) is 0 Å². The molecule has 7 heteroatoms. The maximum atomic E-state index is 13.1. The summed E-state index contributed by atoms with van der Waals surface area (Å²) in [7, 11) is 1.62. The Balaban J connectivity index is 1.36. The van der Waals surface area contributed by atoms with E-state index in [0.717, 1.165) is 22.5 Å². The number of ether oxygens (including phenoxy) is 1. The van der Waals surface area contributed by atoms with Crippen molar-refractivity contribution in [2.45, 2.75) is 13.1 Å². The normalized spacial score (nSPS) is 13.2. The van der Waals surface area contributed by atoms with Crippen LogP contribution < -0.4 is 15.0 Å². The van der Waals surface area contributed by atoms with Gasteiger partial charge in [-0.2, -0.15) is 0 Å². The third kappa shape index (κ3) is 3.58. The molecule has 2 heterocycles. The number of benzene rings is 3. The number of methoxy groups -OCH3 is 1. The smallest absolute Gasteiger partial charge is 0.294 e. The summed E-state index contributed by atoms with van der Waals surface area (Å²) in [4.78, 5) is 32.1. The van der Waals surface area contributed by atoms with Gasteiger partial charge in [-0.15, -0.1) is 0 Å². The Bertz CT molecular complexity index is 1300. The number of hydrogen-bond acceptors (Lipinski definition) is 4. The molecule has 1 aliphatic rings. The van der Waals surface area contributed by atoms with Gasteiger partial charge in [0.2, 0.25) is 5.82 Å². The average Bonchev–Trinajstić information content (AvgIpc) is 3.22. The molecule has 4 aromatic rings. The van der Waals surface area contributed by atoms with Crippen LogP contribution in [0, 0.1) is 0 Å². The van der Waals surface area contributed by atoms with Gasteiger partial charge in [0.1, 0.15) is 5.75 Å². The van der Waals surface area contributed by atoms with Crippen molar-refractivity contribution in [3.63, 3.8) is 0 Å². The van der Waals surface area contributed by atoms with Crippen molar-refractivity contribution < 1.29 is 14.3 Å². The van der Waals surface area contributed by atoms with Gasteiger partial charge in [-0.3, -0.25) is 9.59 Å². The van der Waals surface area contributed by atoms with E-state index >= 15 is 0 Å². The highest BCUT2D eigenvalue weighted by Crippen LogP contribution is 2.25. The molecule has 0 saturated carbocycles. The number of carbonyl (C=O) groups excluding carboxylic acids is 2. The van der Waals surface area contributed by atoms with Gasteiger partial charge >= 0.3 is 0 Å². The quantitative estimate of drug-likeness (QED) is 0.529. The van der Waals surface area contributed by atoms with Crippen molar-refractivity contribution in [2.75, 3.05) is 18.6 Å². The SMILES string of the molecule is COc1ccc(CNC(=O)c2ccc3c(c2)nc2n3CCN(c3ccccc3)C2=O)cc1. The summed E-state index contributed by atoms with van der Waals surface area (Å²) in [5.74, 6) is 0.843. The number of amides is 2. The number of anilines is 1. The number of rotatable bonds is 5. The molecule has 0 fully saturated rings. The van der Waals surface area contributed by atoms with E-state index < -0.39 is 0 Å². The maximum Gasteiger partial charge on any atom is 0.294 e. The fourth-order valence-corrected chi connectivity index (χ4v) is 3.96. The lowest BCUT2D eigenvalue weighted by molar-refractivity contribution is 0.0947. The summed E-state index contributed by atoms with van der Waals surface area (Å²) in [5.41, 5.74) is 3.83. The lowest BCUT2D eigenvalue weighted by Gasteiger charge is -2.27. The first-order valence-corrected chi connectivity index (χ1v) is 10.4. The number of fused-ring (bicyclic) bond motifs is 3. The molecule has 1 aliphatic heterocycles. The van der Waals surface area contributed by atoms with Crippen molar-refractivity contribution in [1.29, 1.82) is 0 Å². The summed E-state index contributed by atoms with van der Waals surface area (Å²) >= 11 is 0. The van der Waals surface area contributed by atoms with Crippen LogP contribution in [0.15, 0.2) is 72.8 Å². The van der Waals surface area contributed by atoms with Crippen LogP contribution in [0.25, 0.3) is 11.0 Å². The van der Waals surface area contributed by atoms with Crippen LogP contribution in [-0.4, -0.2) is 35.0 Å². The molecule has 32 heavy (non-hydrogen) atoms. The molecular weight excluding hydrogens is 404 g/mol. The van der Waals surface area contributed by atoms with Gasteiger partial charge < -0.3 is 19.5 Å². The molecule has 0 unspecified atom stereocenters. The Labute approximate surface area is 185 Å². The fourth-order valence-electron chi connectivity index (χ4n) is 3.96. The predicted molar refractivity (Wildman–Crippen MR) is 122 cm³/mol. The standard InChI is InChI=1S/C25H22N4O3/c1-32-20-10-7-17(8-11-20)16-26-24(30)18-9-12-22-21(15-18)27-23-25(31)28(13-14-29(22)23)19-5-3-2-4-6-19/h2-12,15H,13-14,16H2,1H3,(H,26,30). The Morgan fingerprint density at radius 2 is 1.81 bits per heavy atom. The number of nitrogens with one attached hydrogen (secondary N) is 1. The molecule has 1 N–H and O–H groups in total. The molecule has 0 atom stereocenters. The van der Waals surface area contributed by atoms with Crippen LogP contribution in [0.3, 0.4) is 0 Å². The molecule has 0 bridgehead atoms. The average molecular weight is 426 g/mol. The first kappa shape index (κ1) is 19.8. The minimum absolute atomic E-state index is 0.135. The molecule has 2 amide bonds. The molecule has 3 aromatic carbocycles. The zero-order valence-electron chi connectivity index (χ0n) is 17.6. The van der Waals surface area contributed by atoms with E-state index in [2.05, 4.69) is 10.3 Å². The third-order valence-electron chi connectivity index (χ3n) is 5.67. The highest BCUT2D eigenvalue weighted by molar-refractivity contribution is 6.07. The van der Waals surface area contributed by atoms with E-state index in [9.17, 15) is 9.59 Å². The van der Waals surface area contributed by atoms with Crippen LogP contribution in [0.4, 0.5) is 5.69 Å². The molecule has 0 aliphatic carbocycles. The van der Waals surface area contributed by atoms with Crippen molar-refractivity contribution in [1.82, 2.24) is 14.9 Å². The zero-order valence-corrected chi connectivity index (χ0v) is 17.6. The first-order valence-electron chi connectivity index (χ1n) is 10.4. The Morgan fingerprint density at radius 3 is 2.56 bits per heavy atom. The zero-order chi connectivity index (χ0) is 22.1. The van der Waals surface area contributed by atoms with Crippen LogP contribution in [-0.2, 0) is 13.1 Å². The van der Waals surface area contributed by atoms with Crippen molar-refractivity contribution in [3.8, 4) is 5.75 Å². The molecule has 0 radical (unpaired) electrons. The van der Waals surface area contributed by atoms with Crippen LogP contribution in [0.1, 0.15) is 26.5 Å². The lowest BCUT2D eigenvalue weighted by atomic mass is 10.1. The van der Waals surface area contributed by atoms with Gasteiger partial charge in [0, 0.05) is 30.9 Å². The van der Waals surface area contributed by atoms with E-state index in [1.807, 2.05) is 65.2 Å². The first-order chi connectivity index (χ1) is 15.6. The van der Waals surface area contributed by atoms with E-state index in [1.165, 1.54) is 0 Å². The van der Waals surface area contributed by atoms with Crippen molar-refractivity contribution in [2.24, 2.45) is 0 Å². The van der Waals surface area contributed by atoms with Gasteiger partial charge in [0.05, 0.1) is 18.1 Å². The topological polar surface area (TPSA) is 76.5 Å². The van der Waals surface area contributed by atoms with Crippen LogP contribution in [0.5, 0.6) is 5.75 Å². The van der Waals surface area contributed by atoms with Crippen LogP contribution in [0.2, 0.25) is 0 Å². The monoisotopic (exact) mass is 426 g/mol. The molecule has 0 saturated heterocycles. The number of aromatic nitrogens is 2. The Morgan fingerprint density at radius 1 is 1.03 bits per heavy atom. The Hall–Kier alpha value is -4.13. The lowest BCUT2D eigenvalue weighted by Crippen LogP contribution is -2.40. The maximum absolute atomic E-state index is 13.1. The summed E-state index contributed by atoms with van der Waals surface area (Å²) < 4.78 is 7.08. The molecule has 160 valence electrons. The second kappa shape index (κ2) is 8.19. The van der Waals surface area contributed by atoms with Gasteiger partial charge in [-0.25, -0.2) is 4.98 Å². The summed E-state index contributed by atoms with van der Waals surface area (Å²) in [6.45, 7) is 1.63. The highest BCUT2D eigenvalue weighted by Gasteiger charge is 2.29. The van der Waals surface area contributed by atoms with Crippen molar-refractivity contribution in [3.05, 3.63) is 89.7 Å². The van der Waals surface area contributed by atoms with E-state index in [0.29, 0.717) is 36.5 Å². The molecule has 5 rings (SSSR count). The second-order valence-electron chi connectivity index (χ2n) is 7.61. The van der Waals surface area contributed by atoms with Gasteiger partial charge in [-0.1, -0.05) is 30.3 Å². The van der Waals surface area contributed by atoms with Gasteiger partial charge in [-0.05, 0) is 48.0 Å². The minimum Gasteiger partial charge on any atom is -0.497 e. The molecule has 7 nitrogen and oxygen atoms in total. The van der Waals surface area contributed by atoms with E-state index in [-0.39, 0.29) is 11.8 Å². The summed E-state index contributed by atoms with van der Waals surface area (Å²) in [5, 5.41) is 2.93. The number of carbonyl (C=O) groups is 2. The fraction of sp³-hybridized carbons (Fsp3) is 0.160.